The monoisotopic (exact) mass is 210 g/mol. The van der Waals surface area contributed by atoms with Crippen LogP contribution in [-0.2, 0) is 6.42 Å². The molecule has 0 amide bonds. The molecule has 0 saturated carbocycles. The van der Waals surface area contributed by atoms with Crippen molar-refractivity contribution in [2.75, 3.05) is 6.61 Å². The minimum absolute atomic E-state index is 0.771. The summed E-state index contributed by atoms with van der Waals surface area (Å²) in [6, 6.07) is 15.0. The zero-order valence-electron chi connectivity index (χ0n) is 9.36. The number of aryl methyl sites for hydroxylation is 1. The summed E-state index contributed by atoms with van der Waals surface area (Å²) in [6.07, 6.45) is 0.990. The first-order valence-electron chi connectivity index (χ1n) is 5.66. The Morgan fingerprint density at radius 3 is 2.81 bits per heavy atom. The van der Waals surface area contributed by atoms with E-state index in [4.69, 9.17) is 4.74 Å². The normalized spacial score (nSPS) is 13.3. The lowest BCUT2D eigenvalue weighted by atomic mass is 9.97. The third-order valence-electron chi connectivity index (χ3n) is 3.07. The molecule has 1 aliphatic rings. The molecular weight excluding hydrogens is 196 g/mol. The molecule has 2 aromatic rings. The van der Waals surface area contributed by atoms with Crippen molar-refractivity contribution in [2.45, 2.75) is 13.3 Å². The van der Waals surface area contributed by atoms with Crippen molar-refractivity contribution >= 4 is 0 Å². The second-order valence-electron chi connectivity index (χ2n) is 4.26. The van der Waals surface area contributed by atoms with Crippen molar-refractivity contribution in [3.63, 3.8) is 0 Å². The van der Waals surface area contributed by atoms with Gasteiger partial charge in [0.05, 0.1) is 6.61 Å². The van der Waals surface area contributed by atoms with E-state index in [1.807, 2.05) is 0 Å². The number of hydrogen-bond acceptors (Lipinski definition) is 1. The first-order valence-corrected chi connectivity index (χ1v) is 5.66. The fraction of sp³-hybridized carbons (Fsp3) is 0.200. The smallest absolute Gasteiger partial charge is 0.127 e. The minimum Gasteiger partial charge on any atom is -0.493 e. The van der Waals surface area contributed by atoms with E-state index < -0.39 is 0 Å². The number of fused-ring (bicyclic) bond motifs is 3. The summed E-state index contributed by atoms with van der Waals surface area (Å²) in [5.41, 5.74) is 5.16. The maximum Gasteiger partial charge on any atom is 0.127 e. The van der Waals surface area contributed by atoms with E-state index >= 15 is 0 Å². The van der Waals surface area contributed by atoms with E-state index in [0.29, 0.717) is 0 Å². The van der Waals surface area contributed by atoms with Gasteiger partial charge in [0.2, 0.25) is 0 Å². The highest BCUT2D eigenvalue weighted by Crippen LogP contribution is 2.35. The van der Waals surface area contributed by atoms with Crippen LogP contribution >= 0.6 is 0 Å². The highest BCUT2D eigenvalue weighted by Gasteiger charge is 2.14. The first kappa shape index (κ1) is 9.46. The van der Waals surface area contributed by atoms with E-state index in [2.05, 4.69) is 49.4 Å². The Bertz CT molecular complexity index is 529. The molecular formula is C15H14O. The highest BCUT2D eigenvalue weighted by atomic mass is 16.5. The highest BCUT2D eigenvalue weighted by molar-refractivity contribution is 5.74. The topological polar surface area (TPSA) is 9.23 Å². The number of hydrogen-bond donors (Lipinski definition) is 0. The predicted molar refractivity (Wildman–Crippen MR) is 65.8 cm³/mol. The molecule has 1 aliphatic heterocycles. The summed E-state index contributed by atoms with van der Waals surface area (Å²) < 4.78 is 5.81. The predicted octanol–water partition coefficient (Wildman–Crippen LogP) is 3.60. The van der Waals surface area contributed by atoms with Crippen LogP contribution < -0.4 is 4.74 Å². The Hall–Kier alpha value is -1.76. The van der Waals surface area contributed by atoms with Gasteiger partial charge in [0.25, 0.3) is 0 Å². The number of benzene rings is 2. The van der Waals surface area contributed by atoms with Gasteiger partial charge in [-0.3, -0.25) is 0 Å². The van der Waals surface area contributed by atoms with Gasteiger partial charge in [-0.1, -0.05) is 36.4 Å². The molecule has 3 rings (SSSR count). The van der Waals surface area contributed by atoms with Gasteiger partial charge in [-0.15, -0.1) is 0 Å². The van der Waals surface area contributed by atoms with Crippen molar-refractivity contribution in [3.05, 3.63) is 53.6 Å². The van der Waals surface area contributed by atoms with Crippen LogP contribution in [0.4, 0.5) is 0 Å². The van der Waals surface area contributed by atoms with Crippen LogP contribution in [0.25, 0.3) is 11.1 Å². The van der Waals surface area contributed by atoms with Crippen LogP contribution in [0.1, 0.15) is 11.1 Å². The quantitative estimate of drug-likeness (QED) is 0.645. The SMILES string of the molecule is Cc1ccc2c(c1)OCCc1ccccc1-2. The Balaban J connectivity index is 2.25. The maximum atomic E-state index is 5.81. The molecule has 0 atom stereocenters. The molecule has 1 heterocycles. The summed E-state index contributed by atoms with van der Waals surface area (Å²) in [5, 5.41) is 0. The summed E-state index contributed by atoms with van der Waals surface area (Å²) in [4.78, 5) is 0. The van der Waals surface area contributed by atoms with E-state index in [1.165, 1.54) is 22.3 Å². The Morgan fingerprint density at radius 2 is 1.88 bits per heavy atom. The molecule has 1 heteroatoms. The largest absolute Gasteiger partial charge is 0.493 e. The van der Waals surface area contributed by atoms with Gasteiger partial charge >= 0.3 is 0 Å². The van der Waals surface area contributed by atoms with Gasteiger partial charge in [-0.05, 0) is 29.7 Å². The molecule has 0 fully saturated rings. The molecule has 0 spiro atoms. The van der Waals surface area contributed by atoms with Crippen molar-refractivity contribution < 1.29 is 4.74 Å². The van der Waals surface area contributed by atoms with Crippen LogP contribution in [0.3, 0.4) is 0 Å². The Labute approximate surface area is 95.7 Å². The van der Waals surface area contributed by atoms with Crippen molar-refractivity contribution in [1.82, 2.24) is 0 Å². The van der Waals surface area contributed by atoms with Crippen LogP contribution in [0.2, 0.25) is 0 Å². The van der Waals surface area contributed by atoms with E-state index in [9.17, 15) is 0 Å². The third kappa shape index (κ3) is 1.49. The van der Waals surface area contributed by atoms with Gasteiger partial charge in [0.15, 0.2) is 0 Å². The summed E-state index contributed by atoms with van der Waals surface area (Å²) in [6.45, 7) is 2.87. The second kappa shape index (κ2) is 3.67. The second-order valence-corrected chi connectivity index (χ2v) is 4.26. The Morgan fingerprint density at radius 1 is 1.00 bits per heavy atom. The van der Waals surface area contributed by atoms with Crippen LogP contribution in [0.5, 0.6) is 5.75 Å². The number of rotatable bonds is 0. The summed E-state index contributed by atoms with van der Waals surface area (Å²) in [5.74, 6) is 1.02. The molecule has 16 heavy (non-hydrogen) atoms. The molecule has 0 saturated heterocycles. The zero-order valence-corrected chi connectivity index (χ0v) is 9.36. The molecule has 0 N–H and O–H groups in total. The van der Waals surface area contributed by atoms with Crippen molar-refractivity contribution in [1.29, 1.82) is 0 Å². The molecule has 1 nitrogen and oxygen atoms in total. The molecule has 0 radical (unpaired) electrons. The van der Waals surface area contributed by atoms with Crippen LogP contribution in [0.15, 0.2) is 42.5 Å². The third-order valence-corrected chi connectivity index (χ3v) is 3.07. The lowest BCUT2D eigenvalue weighted by Crippen LogP contribution is -1.98. The molecule has 0 aromatic heterocycles. The van der Waals surface area contributed by atoms with Gasteiger partial charge in [-0.2, -0.15) is 0 Å². The first-order chi connectivity index (χ1) is 7.84. The van der Waals surface area contributed by atoms with E-state index in [1.54, 1.807) is 0 Å². The van der Waals surface area contributed by atoms with Crippen molar-refractivity contribution in [3.8, 4) is 16.9 Å². The Kier molecular flexibility index (Phi) is 2.17. The van der Waals surface area contributed by atoms with Gasteiger partial charge in [0, 0.05) is 12.0 Å². The molecule has 80 valence electrons. The van der Waals surface area contributed by atoms with Gasteiger partial charge < -0.3 is 4.74 Å². The molecule has 0 bridgehead atoms. The average molecular weight is 210 g/mol. The molecule has 2 aromatic carbocycles. The molecule has 0 aliphatic carbocycles. The molecule has 0 unspecified atom stereocenters. The van der Waals surface area contributed by atoms with Crippen LogP contribution in [0, 0.1) is 6.92 Å². The summed E-state index contributed by atoms with van der Waals surface area (Å²) >= 11 is 0. The summed E-state index contributed by atoms with van der Waals surface area (Å²) in [7, 11) is 0. The van der Waals surface area contributed by atoms with E-state index in [0.717, 1.165) is 18.8 Å². The standard InChI is InChI=1S/C15H14O/c1-11-6-7-14-13-5-3-2-4-12(13)8-9-16-15(14)10-11/h2-7,10H,8-9H2,1H3. The zero-order chi connectivity index (χ0) is 11.0. The fourth-order valence-electron chi connectivity index (χ4n) is 2.24. The van der Waals surface area contributed by atoms with E-state index in [-0.39, 0.29) is 0 Å². The minimum atomic E-state index is 0.771. The van der Waals surface area contributed by atoms with Gasteiger partial charge in [0.1, 0.15) is 5.75 Å². The lowest BCUT2D eigenvalue weighted by Gasteiger charge is -2.09. The van der Waals surface area contributed by atoms with Crippen molar-refractivity contribution in [2.24, 2.45) is 0 Å². The van der Waals surface area contributed by atoms with Crippen LogP contribution in [-0.4, -0.2) is 6.61 Å². The van der Waals surface area contributed by atoms with Gasteiger partial charge in [-0.25, -0.2) is 0 Å². The lowest BCUT2D eigenvalue weighted by molar-refractivity contribution is 0.326. The average Bonchev–Trinajstić information content (AvgIpc) is 2.47. The number of ether oxygens (including phenoxy) is 1. The maximum absolute atomic E-state index is 5.81. The fourth-order valence-corrected chi connectivity index (χ4v) is 2.24.